The Kier molecular flexibility index (Phi) is 57.7. The molecule has 2 atom stereocenters. The van der Waals surface area contributed by atoms with E-state index in [1.165, 1.54) is 289 Å². The van der Waals surface area contributed by atoms with E-state index in [4.69, 9.17) is 0 Å². The van der Waals surface area contributed by atoms with Gasteiger partial charge in [-0.3, -0.25) is 4.79 Å². The smallest absolute Gasteiger partial charge is 0.220 e. The zero-order chi connectivity index (χ0) is 48.5. The lowest BCUT2D eigenvalue weighted by Gasteiger charge is -2.19. The molecule has 0 radical (unpaired) electrons. The van der Waals surface area contributed by atoms with Crippen molar-refractivity contribution in [2.24, 2.45) is 0 Å². The molecule has 0 aromatic rings. The van der Waals surface area contributed by atoms with Crippen LogP contribution in [-0.2, 0) is 4.79 Å². The number of unbranched alkanes of at least 4 members (excludes halogenated alkanes) is 46. The summed E-state index contributed by atoms with van der Waals surface area (Å²) in [5, 5.41) is 23.1. The van der Waals surface area contributed by atoms with Gasteiger partial charge in [-0.2, -0.15) is 0 Å². The fourth-order valence-corrected chi connectivity index (χ4v) is 9.66. The van der Waals surface area contributed by atoms with E-state index < -0.39 is 12.1 Å². The molecule has 0 saturated heterocycles. The normalized spacial score (nSPS) is 13.0. The highest BCUT2D eigenvalue weighted by Gasteiger charge is 2.18. The lowest BCUT2D eigenvalue weighted by Crippen LogP contribution is -2.45. The maximum atomic E-state index is 12.4. The molecular formula is C63H121NO3. The predicted octanol–water partition coefficient (Wildman–Crippen LogP) is 20.4. The molecule has 0 heterocycles. The second kappa shape index (κ2) is 58.9. The fraction of sp³-hybridized carbons (Fsp3) is 0.889. The molecule has 0 bridgehead atoms. The zero-order valence-corrected chi connectivity index (χ0v) is 45.7. The molecule has 0 spiro atoms. The number of nitrogens with one attached hydrogen (secondary N) is 1. The Morgan fingerprint density at radius 1 is 0.343 bits per heavy atom. The fourth-order valence-electron chi connectivity index (χ4n) is 9.66. The topological polar surface area (TPSA) is 69.6 Å². The molecule has 4 heteroatoms. The van der Waals surface area contributed by atoms with E-state index in [0.29, 0.717) is 6.42 Å². The maximum Gasteiger partial charge on any atom is 0.220 e. The van der Waals surface area contributed by atoms with Crippen molar-refractivity contribution in [2.45, 2.75) is 353 Å². The minimum absolute atomic E-state index is 0.0683. The first-order chi connectivity index (χ1) is 33.2. The number of aliphatic hydroxyl groups is 2. The van der Waals surface area contributed by atoms with Crippen molar-refractivity contribution in [3.05, 3.63) is 36.5 Å². The van der Waals surface area contributed by atoms with Gasteiger partial charge in [0.05, 0.1) is 18.8 Å². The highest BCUT2D eigenvalue weighted by atomic mass is 16.3. The Morgan fingerprint density at radius 3 is 0.866 bits per heavy atom. The van der Waals surface area contributed by atoms with Crippen LogP contribution in [-0.4, -0.2) is 34.9 Å². The Labute approximate surface area is 421 Å². The van der Waals surface area contributed by atoms with Crippen LogP contribution < -0.4 is 5.32 Å². The summed E-state index contributed by atoms with van der Waals surface area (Å²) in [5.41, 5.74) is 0. The van der Waals surface area contributed by atoms with Gasteiger partial charge in [0.1, 0.15) is 0 Å². The average Bonchev–Trinajstić information content (AvgIpc) is 3.33. The van der Waals surface area contributed by atoms with E-state index in [2.05, 4.69) is 43.5 Å². The van der Waals surface area contributed by atoms with Crippen molar-refractivity contribution < 1.29 is 15.0 Å². The van der Waals surface area contributed by atoms with Crippen molar-refractivity contribution in [1.29, 1.82) is 0 Å². The van der Waals surface area contributed by atoms with Gasteiger partial charge in [-0.1, -0.05) is 314 Å². The Morgan fingerprint density at radius 2 is 0.582 bits per heavy atom. The van der Waals surface area contributed by atoms with Gasteiger partial charge in [0, 0.05) is 6.42 Å². The third-order valence-electron chi connectivity index (χ3n) is 14.3. The molecule has 0 aliphatic heterocycles. The summed E-state index contributed by atoms with van der Waals surface area (Å²) in [7, 11) is 0. The Bertz CT molecular complexity index is 1020. The second-order valence-corrected chi connectivity index (χ2v) is 21.1. The molecule has 2 unspecified atom stereocenters. The maximum absolute atomic E-state index is 12.4. The first-order valence-corrected chi connectivity index (χ1v) is 30.7. The van der Waals surface area contributed by atoms with Gasteiger partial charge in [-0.25, -0.2) is 0 Å². The molecular weight excluding hydrogens is 819 g/mol. The first kappa shape index (κ1) is 65.6. The standard InChI is InChI=1S/C63H121NO3/c1-3-5-7-9-11-13-15-17-19-20-21-22-23-24-25-26-27-28-29-30-31-32-33-34-35-36-37-38-39-40-41-42-43-44-45-47-49-51-53-55-57-59-63(67)64-61(60-65)62(66)58-56-54-52-50-48-46-18-16-14-12-10-8-6-4-2/h20-21,48,50,56,58,61-62,65-66H,3-19,22-47,49,51-55,57,59-60H2,1-2H3,(H,64,67)/b21-20-,50-48+,58-56+. The molecule has 0 aliphatic carbocycles. The van der Waals surface area contributed by atoms with Gasteiger partial charge < -0.3 is 15.5 Å². The summed E-state index contributed by atoms with van der Waals surface area (Å²) < 4.78 is 0. The van der Waals surface area contributed by atoms with Crippen molar-refractivity contribution in [3.63, 3.8) is 0 Å². The second-order valence-electron chi connectivity index (χ2n) is 21.1. The molecule has 0 fully saturated rings. The number of carbonyl (C=O) groups excluding carboxylic acids is 1. The van der Waals surface area contributed by atoms with E-state index in [1.54, 1.807) is 6.08 Å². The summed E-state index contributed by atoms with van der Waals surface area (Å²) in [4.78, 5) is 12.4. The Hall–Kier alpha value is -1.39. The van der Waals surface area contributed by atoms with E-state index in [1.807, 2.05) is 6.08 Å². The lowest BCUT2D eigenvalue weighted by molar-refractivity contribution is -0.123. The summed E-state index contributed by atoms with van der Waals surface area (Å²) in [6.07, 6.45) is 80.7. The van der Waals surface area contributed by atoms with E-state index in [-0.39, 0.29) is 12.5 Å². The minimum atomic E-state index is -0.859. The van der Waals surface area contributed by atoms with Gasteiger partial charge in [0.25, 0.3) is 0 Å². The monoisotopic (exact) mass is 940 g/mol. The molecule has 396 valence electrons. The molecule has 4 nitrogen and oxygen atoms in total. The van der Waals surface area contributed by atoms with Crippen molar-refractivity contribution >= 4 is 5.91 Å². The highest BCUT2D eigenvalue weighted by molar-refractivity contribution is 5.76. The van der Waals surface area contributed by atoms with Crippen LogP contribution in [0.25, 0.3) is 0 Å². The highest BCUT2D eigenvalue weighted by Crippen LogP contribution is 2.18. The Balaban J connectivity index is 3.36. The number of rotatable bonds is 57. The summed E-state index contributed by atoms with van der Waals surface area (Å²) >= 11 is 0. The van der Waals surface area contributed by atoms with E-state index in [0.717, 1.165) is 32.1 Å². The molecule has 0 aromatic heterocycles. The number of carbonyl (C=O) groups is 1. The van der Waals surface area contributed by atoms with Gasteiger partial charge in [0.15, 0.2) is 0 Å². The van der Waals surface area contributed by atoms with Crippen molar-refractivity contribution in [2.75, 3.05) is 6.61 Å². The number of hydrogen-bond donors (Lipinski definition) is 3. The largest absolute Gasteiger partial charge is 0.394 e. The van der Waals surface area contributed by atoms with Crippen LogP contribution in [0.5, 0.6) is 0 Å². The molecule has 0 rings (SSSR count). The summed E-state index contributed by atoms with van der Waals surface area (Å²) in [6.45, 7) is 4.31. The quantitative estimate of drug-likeness (QED) is 0.0420. The third kappa shape index (κ3) is 55.4. The predicted molar refractivity (Wildman–Crippen MR) is 299 cm³/mol. The van der Waals surface area contributed by atoms with Crippen LogP contribution in [0.4, 0.5) is 0 Å². The van der Waals surface area contributed by atoms with Crippen LogP contribution in [0.2, 0.25) is 0 Å². The van der Waals surface area contributed by atoms with E-state index in [9.17, 15) is 15.0 Å². The zero-order valence-electron chi connectivity index (χ0n) is 45.7. The molecule has 0 aliphatic rings. The van der Waals surface area contributed by atoms with E-state index >= 15 is 0 Å². The number of allylic oxidation sites excluding steroid dienone is 5. The van der Waals surface area contributed by atoms with Gasteiger partial charge >= 0.3 is 0 Å². The molecule has 0 aromatic carbocycles. The van der Waals surface area contributed by atoms with Gasteiger partial charge in [-0.15, -0.1) is 0 Å². The van der Waals surface area contributed by atoms with Gasteiger partial charge in [-0.05, 0) is 57.8 Å². The van der Waals surface area contributed by atoms with Crippen molar-refractivity contribution in [1.82, 2.24) is 5.32 Å². The van der Waals surface area contributed by atoms with Crippen LogP contribution in [0.3, 0.4) is 0 Å². The molecule has 67 heavy (non-hydrogen) atoms. The summed E-state index contributed by atoms with van der Waals surface area (Å²) in [5.74, 6) is -0.0683. The molecule has 1 amide bonds. The first-order valence-electron chi connectivity index (χ1n) is 30.7. The van der Waals surface area contributed by atoms with Crippen LogP contribution in [0.15, 0.2) is 36.5 Å². The summed E-state index contributed by atoms with van der Waals surface area (Å²) in [6, 6.07) is -0.636. The number of amides is 1. The van der Waals surface area contributed by atoms with Crippen LogP contribution >= 0.6 is 0 Å². The third-order valence-corrected chi connectivity index (χ3v) is 14.3. The SMILES string of the molecule is CCCCCCCCCC/C=C\CCCCCCCCCCCCCCCCCCCCCCCCCCCCCCCC(=O)NC(CO)C(O)/C=C/CC/C=C/CCCCCCCCCC. The molecule has 3 N–H and O–H groups in total. The van der Waals surface area contributed by atoms with Crippen LogP contribution in [0, 0.1) is 0 Å². The number of aliphatic hydroxyl groups excluding tert-OH is 2. The van der Waals surface area contributed by atoms with Gasteiger partial charge in [0.2, 0.25) is 5.91 Å². The molecule has 0 saturated carbocycles. The number of hydrogen-bond acceptors (Lipinski definition) is 3. The van der Waals surface area contributed by atoms with Crippen molar-refractivity contribution in [3.8, 4) is 0 Å². The minimum Gasteiger partial charge on any atom is -0.394 e. The van der Waals surface area contributed by atoms with Crippen LogP contribution in [0.1, 0.15) is 341 Å². The average molecular weight is 941 g/mol. The lowest BCUT2D eigenvalue weighted by atomic mass is 10.0.